The fourth-order valence-electron chi connectivity index (χ4n) is 2.59. The van der Waals surface area contributed by atoms with Gasteiger partial charge in [-0.25, -0.2) is 0 Å². The standard InChI is InChI=1S/C16H20ClN3OS/c1-4-20(5-2)15(21)13-10(3)18-16(22)19-14(13)11-7-6-8-12(17)9-11/h6-9,14H,4-5H2,1-3H3,(H2,18,19,22)/t14-/m1/s1. The van der Waals surface area contributed by atoms with Crippen molar-refractivity contribution in [2.24, 2.45) is 0 Å². The molecule has 0 radical (unpaired) electrons. The Balaban J connectivity index is 2.47. The van der Waals surface area contributed by atoms with Crippen LogP contribution in [-0.2, 0) is 4.79 Å². The minimum Gasteiger partial charge on any atom is -0.351 e. The van der Waals surface area contributed by atoms with Gasteiger partial charge in [-0.05, 0) is 50.7 Å². The molecule has 0 aromatic heterocycles. The van der Waals surface area contributed by atoms with Gasteiger partial charge in [0, 0.05) is 23.8 Å². The monoisotopic (exact) mass is 337 g/mol. The van der Waals surface area contributed by atoms with Crippen molar-refractivity contribution in [1.29, 1.82) is 0 Å². The number of thiocarbonyl (C=S) groups is 1. The summed E-state index contributed by atoms with van der Waals surface area (Å²) in [7, 11) is 0. The fourth-order valence-corrected chi connectivity index (χ4v) is 3.06. The fraction of sp³-hybridized carbons (Fsp3) is 0.375. The summed E-state index contributed by atoms with van der Waals surface area (Å²) in [5, 5.41) is 7.38. The number of rotatable bonds is 4. The van der Waals surface area contributed by atoms with E-state index in [2.05, 4.69) is 10.6 Å². The molecular formula is C16H20ClN3OS. The average molecular weight is 338 g/mol. The molecule has 1 aromatic carbocycles. The van der Waals surface area contributed by atoms with Gasteiger partial charge in [0.25, 0.3) is 5.91 Å². The van der Waals surface area contributed by atoms with Gasteiger partial charge in [0.15, 0.2) is 5.11 Å². The van der Waals surface area contributed by atoms with Crippen molar-refractivity contribution in [3.05, 3.63) is 46.1 Å². The zero-order chi connectivity index (χ0) is 16.3. The van der Waals surface area contributed by atoms with Crippen molar-refractivity contribution in [3.8, 4) is 0 Å². The van der Waals surface area contributed by atoms with E-state index in [1.807, 2.05) is 45.0 Å². The van der Waals surface area contributed by atoms with Crippen molar-refractivity contribution < 1.29 is 4.79 Å². The minimum atomic E-state index is -0.291. The molecule has 0 fully saturated rings. The summed E-state index contributed by atoms with van der Waals surface area (Å²) in [6.45, 7) is 7.15. The van der Waals surface area contributed by atoms with Crippen LogP contribution in [0.5, 0.6) is 0 Å². The summed E-state index contributed by atoms with van der Waals surface area (Å²) < 4.78 is 0. The van der Waals surface area contributed by atoms with Crippen molar-refractivity contribution >= 4 is 34.8 Å². The van der Waals surface area contributed by atoms with Gasteiger partial charge in [-0.1, -0.05) is 23.7 Å². The SMILES string of the molecule is CCN(CC)C(=O)C1=C(C)NC(=S)N[C@@H]1c1cccc(Cl)c1. The van der Waals surface area contributed by atoms with E-state index in [4.69, 9.17) is 23.8 Å². The van der Waals surface area contributed by atoms with E-state index in [1.165, 1.54) is 0 Å². The zero-order valence-corrected chi connectivity index (χ0v) is 14.5. The second-order valence-electron chi connectivity index (χ2n) is 5.10. The molecule has 118 valence electrons. The van der Waals surface area contributed by atoms with Gasteiger partial charge in [-0.3, -0.25) is 4.79 Å². The number of hydrogen-bond acceptors (Lipinski definition) is 2. The molecule has 0 saturated carbocycles. The lowest BCUT2D eigenvalue weighted by Crippen LogP contribution is -2.47. The second-order valence-corrected chi connectivity index (χ2v) is 5.95. The Bertz CT molecular complexity index is 626. The number of likely N-dealkylation sites (N-methyl/N-ethyl adjacent to an activating group) is 1. The van der Waals surface area contributed by atoms with Gasteiger partial charge < -0.3 is 15.5 Å². The molecule has 2 N–H and O–H groups in total. The van der Waals surface area contributed by atoms with E-state index >= 15 is 0 Å². The molecule has 1 aliphatic heterocycles. The molecule has 0 bridgehead atoms. The summed E-state index contributed by atoms with van der Waals surface area (Å²) in [5.41, 5.74) is 2.39. The highest BCUT2D eigenvalue weighted by Crippen LogP contribution is 2.29. The van der Waals surface area contributed by atoms with Crippen LogP contribution in [0, 0.1) is 0 Å². The highest BCUT2D eigenvalue weighted by Gasteiger charge is 2.31. The van der Waals surface area contributed by atoms with E-state index in [9.17, 15) is 4.79 Å². The highest BCUT2D eigenvalue weighted by molar-refractivity contribution is 7.80. The maximum atomic E-state index is 12.9. The van der Waals surface area contributed by atoms with Crippen LogP contribution in [0.3, 0.4) is 0 Å². The highest BCUT2D eigenvalue weighted by atomic mass is 35.5. The second kappa shape index (κ2) is 7.11. The Labute approximate surface area is 141 Å². The maximum absolute atomic E-state index is 12.9. The third-order valence-corrected chi connectivity index (χ3v) is 4.19. The number of hydrogen-bond donors (Lipinski definition) is 2. The number of carbonyl (C=O) groups is 1. The Morgan fingerprint density at radius 3 is 2.64 bits per heavy atom. The molecule has 0 saturated heterocycles. The molecular weight excluding hydrogens is 318 g/mol. The number of halogens is 1. The number of nitrogens with one attached hydrogen (secondary N) is 2. The van der Waals surface area contributed by atoms with E-state index in [0.717, 1.165) is 11.3 Å². The van der Waals surface area contributed by atoms with E-state index in [-0.39, 0.29) is 11.9 Å². The third-order valence-electron chi connectivity index (χ3n) is 3.73. The van der Waals surface area contributed by atoms with Crippen molar-refractivity contribution in [1.82, 2.24) is 15.5 Å². The van der Waals surface area contributed by atoms with Gasteiger partial charge in [0.05, 0.1) is 11.6 Å². The molecule has 22 heavy (non-hydrogen) atoms. The quantitative estimate of drug-likeness (QED) is 0.829. The van der Waals surface area contributed by atoms with Crippen LogP contribution >= 0.6 is 23.8 Å². The molecule has 1 aromatic rings. The summed E-state index contributed by atoms with van der Waals surface area (Å²) in [6.07, 6.45) is 0. The van der Waals surface area contributed by atoms with Gasteiger partial charge in [0.1, 0.15) is 0 Å². The van der Waals surface area contributed by atoms with Crippen molar-refractivity contribution in [2.75, 3.05) is 13.1 Å². The van der Waals surface area contributed by atoms with E-state index in [0.29, 0.717) is 28.8 Å². The first-order valence-electron chi connectivity index (χ1n) is 7.30. The number of benzene rings is 1. The van der Waals surface area contributed by atoms with Crippen molar-refractivity contribution in [2.45, 2.75) is 26.8 Å². The molecule has 0 unspecified atom stereocenters. The molecule has 6 heteroatoms. The maximum Gasteiger partial charge on any atom is 0.253 e. The van der Waals surface area contributed by atoms with E-state index < -0.39 is 0 Å². The van der Waals surface area contributed by atoms with Crippen LogP contribution in [-0.4, -0.2) is 29.0 Å². The van der Waals surface area contributed by atoms with Crippen LogP contribution in [0.2, 0.25) is 5.02 Å². The molecule has 2 rings (SSSR count). The summed E-state index contributed by atoms with van der Waals surface area (Å²) >= 11 is 11.3. The number of amides is 1. The predicted octanol–water partition coefficient (Wildman–Crippen LogP) is 3.00. The number of carbonyl (C=O) groups excluding carboxylic acids is 1. The summed E-state index contributed by atoms with van der Waals surface area (Å²) in [6, 6.07) is 7.20. The normalized spacial score (nSPS) is 17.8. The molecule has 1 atom stereocenters. The first-order valence-corrected chi connectivity index (χ1v) is 8.09. The lowest BCUT2D eigenvalue weighted by Gasteiger charge is -2.33. The lowest BCUT2D eigenvalue weighted by atomic mass is 9.94. The minimum absolute atomic E-state index is 0.00924. The first-order chi connectivity index (χ1) is 10.5. The molecule has 0 spiro atoms. The number of nitrogens with zero attached hydrogens (tertiary/aromatic N) is 1. The molecule has 1 heterocycles. The lowest BCUT2D eigenvalue weighted by molar-refractivity contribution is -0.127. The largest absolute Gasteiger partial charge is 0.351 e. The van der Waals surface area contributed by atoms with Gasteiger partial charge >= 0.3 is 0 Å². The topological polar surface area (TPSA) is 44.4 Å². The predicted molar refractivity (Wildman–Crippen MR) is 93.7 cm³/mol. The Morgan fingerprint density at radius 2 is 2.05 bits per heavy atom. The van der Waals surface area contributed by atoms with Gasteiger partial charge in [-0.15, -0.1) is 0 Å². The van der Waals surface area contributed by atoms with Crippen LogP contribution in [0.15, 0.2) is 35.5 Å². The summed E-state index contributed by atoms with van der Waals surface area (Å²) in [5.74, 6) is 0.00924. The van der Waals surface area contributed by atoms with Crippen LogP contribution in [0.1, 0.15) is 32.4 Å². The molecule has 1 amide bonds. The first kappa shape index (κ1) is 16.8. The van der Waals surface area contributed by atoms with Crippen molar-refractivity contribution in [3.63, 3.8) is 0 Å². The molecule has 1 aliphatic rings. The average Bonchev–Trinajstić information content (AvgIpc) is 2.47. The smallest absolute Gasteiger partial charge is 0.253 e. The molecule has 4 nitrogen and oxygen atoms in total. The van der Waals surface area contributed by atoms with E-state index in [1.54, 1.807) is 4.90 Å². The van der Waals surface area contributed by atoms with Crippen LogP contribution in [0.4, 0.5) is 0 Å². The summed E-state index contributed by atoms with van der Waals surface area (Å²) in [4.78, 5) is 14.7. The number of allylic oxidation sites excluding steroid dienone is 1. The van der Waals surface area contributed by atoms with Crippen LogP contribution < -0.4 is 10.6 Å². The van der Waals surface area contributed by atoms with Gasteiger partial charge in [-0.2, -0.15) is 0 Å². The van der Waals surface area contributed by atoms with Crippen LogP contribution in [0.25, 0.3) is 0 Å². The Kier molecular flexibility index (Phi) is 5.42. The third kappa shape index (κ3) is 3.42. The Morgan fingerprint density at radius 1 is 1.36 bits per heavy atom. The zero-order valence-electron chi connectivity index (χ0n) is 12.9. The van der Waals surface area contributed by atoms with Gasteiger partial charge in [0.2, 0.25) is 0 Å². The Hall–Kier alpha value is -1.59. The molecule has 0 aliphatic carbocycles.